The molecule has 0 aliphatic heterocycles. The number of hydrogen-bond donors (Lipinski definition) is 4. The van der Waals surface area contributed by atoms with Crippen LogP contribution in [0.15, 0.2) is 0 Å². The highest BCUT2D eigenvalue weighted by Crippen LogP contribution is 2.03. The van der Waals surface area contributed by atoms with E-state index in [-0.39, 0.29) is 30.6 Å². The first-order valence-electron chi connectivity index (χ1n) is 5.59. The topological polar surface area (TPSA) is 129 Å². The third-order valence-corrected chi connectivity index (χ3v) is 2.21. The Balaban J connectivity index is -0.00000144. The maximum atomic E-state index is 11.0. The summed E-state index contributed by atoms with van der Waals surface area (Å²) < 4.78 is 0. The number of carbonyl (C=O) groups excluding carboxylic acids is 1. The number of nitrogens with two attached hydrogens (primary N) is 1. The Labute approximate surface area is 130 Å². The molecule has 0 aliphatic carbocycles. The van der Waals surface area contributed by atoms with Gasteiger partial charge in [-0.05, 0) is 26.2 Å². The summed E-state index contributed by atoms with van der Waals surface area (Å²) in [6.45, 7) is 1.82. The minimum absolute atomic E-state index is 0. The molecule has 0 aromatic heterocycles. The molecule has 20 heavy (non-hydrogen) atoms. The standard InChI is InChI=1S/C10H20N4O4.2ClH/c1-7(11)14(18-10(17)13-2)6-4-3-5-8(12)9(15)16;;/h8,11H,3-6,12H2,1-2H3,(H,13,17)(H,15,16);2*1H/t8-;;/m0../s1. The number of hydrogen-bond acceptors (Lipinski definition) is 5. The van der Waals surface area contributed by atoms with Crippen molar-refractivity contribution in [3.63, 3.8) is 0 Å². The number of carboxylic acid groups (broad SMARTS) is 1. The molecule has 0 fully saturated rings. The largest absolute Gasteiger partial charge is 0.480 e. The Hall–Kier alpha value is -1.25. The Bertz CT molecular complexity index is 318. The Morgan fingerprint density at radius 3 is 2.35 bits per heavy atom. The normalized spacial score (nSPS) is 10.3. The summed E-state index contributed by atoms with van der Waals surface area (Å²) >= 11 is 0. The predicted molar refractivity (Wildman–Crippen MR) is 79.6 cm³/mol. The summed E-state index contributed by atoms with van der Waals surface area (Å²) in [7, 11) is 1.42. The van der Waals surface area contributed by atoms with E-state index in [1.54, 1.807) is 0 Å². The maximum Gasteiger partial charge on any atom is 0.431 e. The first kappa shape index (κ1) is 23.8. The molecular weight excluding hydrogens is 311 g/mol. The second-order valence-electron chi connectivity index (χ2n) is 3.76. The highest BCUT2D eigenvalue weighted by Gasteiger charge is 2.13. The van der Waals surface area contributed by atoms with Crippen molar-refractivity contribution < 1.29 is 19.5 Å². The predicted octanol–water partition coefficient (Wildman–Crippen LogP) is 0.982. The van der Waals surface area contributed by atoms with Crippen molar-refractivity contribution >= 4 is 42.7 Å². The van der Waals surface area contributed by atoms with Crippen LogP contribution in [0.4, 0.5) is 4.79 Å². The van der Waals surface area contributed by atoms with Crippen molar-refractivity contribution in [1.82, 2.24) is 10.4 Å². The monoisotopic (exact) mass is 332 g/mol. The minimum atomic E-state index is -1.03. The van der Waals surface area contributed by atoms with Gasteiger partial charge in [-0.1, -0.05) is 0 Å². The molecule has 0 radical (unpaired) electrons. The fraction of sp³-hybridized carbons (Fsp3) is 0.700. The van der Waals surface area contributed by atoms with Gasteiger partial charge < -0.3 is 21.0 Å². The van der Waals surface area contributed by atoms with Crippen LogP contribution in [0.3, 0.4) is 0 Å². The molecule has 0 saturated heterocycles. The molecule has 0 rings (SSSR count). The van der Waals surface area contributed by atoms with Crippen LogP contribution in [0.25, 0.3) is 0 Å². The van der Waals surface area contributed by atoms with Crippen molar-refractivity contribution in [1.29, 1.82) is 5.41 Å². The quantitative estimate of drug-likeness (QED) is 0.248. The number of hydroxylamine groups is 2. The second kappa shape index (κ2) is 12.8. The zero-order chi connectivity index (χ0) is 14.1. The highest BCUT2D eigenvalue weighted by molar-refractivity contribution is 5.85. The molecule has 0 bridgehead atoms. The van der Waals surface area contributed by atoms with E-state index in [0.29, 0.717) is 25.8 Å². The van der Waals surface area contributed by atoms with Gasteiger partial charge in [-0.25, -0.2) is 4.79 Å². The van der Waals surface area contributed by atoms with E-state index in [9.17, 15) is 9.59 Å². The molecular formula is C10H22Cl2N4O4. The molecule has 0 aromatic carbocycles. The van der Waals surface area contributed by atoms with Crippen LogP contribution in [-0.2, 0) is 9.63 Å². The summed E-state index contributed by atoms with van der Waals surface area (Å²) in [6.07, 6.45) is 0.853. The number of rotatable bonds is 6. The van der Waals surface area contributed by atoms with Gasteiger partial charge in [-0.3, -0.25) is 10.2 Å². The number of nitrogens with one attached hydrogen (secondary N) is 2. The average Bonchev–Trinajstić information content (AvgIpc) is 2.31. The number of nitrogens with zero attached hydrogens (tertiary/aromatic N) is 1. The van der Waals surface area contributed by atoms with Gasteiger partial charge in [0.25, 0.3) is 0 Å². The van der Waals surface area contributed by atoms with Crippen molar-refractivity contribution in [2.24, 2.45) is 5.73 Å². The molecule has 1 amide bonds. The van der Waals surface area contributed by atoms with E-state index in [4.69, 9.17) is 21.1 Å². The molecule has 0 heterocycles. The number of carboxylic acids is 1. The molecule has 8 nitrogen and oxygen atoms in total. The van der Waals surface area contributed by atoms with Gasteiger partial charge in [0.05, 0.1) is 6.54 Å². The summed E-state index contributed by atoms with van der Waals surface area (Å²) in [4.78, 5) is 26.3. The van der Waals surface area contributed by atoms with Gasteiger partial charge >= 0.3 is 12.1 Å². The fourth-order valence-corrected chi connectivity index (χ4v) is 1.17. The number of halogens is 2. The lowest BCUT2D eigenvalue weighted by molar-refractivity contribution is -0.138. The van der Waals surface area contributed by atoms with Crippen molar-refractivity contribution in [2.45, 2.75) is 32.2 Å². The first-order valence-corrected chi connectivity index (χ1v) is 5.59. The zero-order valence-electron chi connectivity index (χ0n) is 11.4. The van der Waals surface area contributed by atoms with Crippen molar-refractivity contribution in [2.75, 3.05) is 13.6 Å². The minimum Gasteiger partial charge on any atom is -0.480 e. The SMILES string of the molecule is CNC(=O)ON(CCCC[C@H](N)C(=O)O)C(C)=N.Cl.Cl. The van der Waals surface area contributed by atoms with Crippen LogP contribution in [0.5, 0.6) is 0 Å². The first-order chi connectivity index (χ1) is 8.38. The molecule has 0 aliphatic rings. The van der Waals surface area contributed by atoms with Crippen molar-refractivity contribution in [3.8, 4) is 0 Å². The van der Waals surface area contributed by atoms with Gasteiger partial charge in [0.2, 0.25) is 0 Å². The molecule has 10 heteroatoms. The molecule has 120 valence electrons. The molecule has 5 N–H and O–H groups in total. The Kier molecular flexibility index (Phi) is 15.2. The van der Waals surface area contributed by atoms with Gasteiger partial charge in [-0.15, -0.1) is 24.8 Å². The van der Waals surface area contributed by atoms with Crippen LogP contribution in [0.2, 0.25) is 0 Å². The molecule has 0 aromatic rings. The van der Waals surface area contributed by atoms with E-state index >= 15 is 0 Å². The molecule has 0 unspecified atom stereocenters. The Morgan fingerprint density at radius 1 is 1.40 bits per heavy atom. The summed E-state index contributed by atoms with van der Waals surface area (Å²) in [6, 6.07) is -0.876. The van der Waals surface area contributed by atoms with Crippen LogP contribution in [0, 0.1) is 5.41 Å². The fourth-order valence-electron chi connectivity index (χ4n) is 1.17. The van der Waals surface area contributed by atoms with Crippen LogP contribution >= 0.6 is 24.8 Å². The smallest absolute Gasteiger partial charge is 0.431 e. The summed E-state index contributed by atoms with van der Waals surface area (Å²) in [5, 5.41) is 19.4. The molecule has 0 saturated carbocycles. The zero-order valence-corrected chi connectivity index (χ0v) is 13.1. The third-order valence-electron chi connectivity index (χ3n) is 2.21. The molecule has 0 spiro atoms. The van der Waals surface area contributed by atoms with Gasteiger partial charge in [-0.2, -0.15) is 5.06 Å². The summed E-state index contributed by atoms with van der Waals surface area (Å²) in [5.41, 5.74) is 5.34. The highest BCUT2D eigenvalue weighted by atomic mass is 35.5. The maximum absolute atomic E-state index is 11.0. The lowest BCUT2D eigenvalue weighted by Crippen LogP contribution is -2.36. The van der Waals surface area contributed by atoms with E-state index in [1.807, 2.05) is 0 Å². The van der Waals surface area contributed by atoms with E-state index in [0.717, 1.165) is 5.06 Å². The third kappa shape index (κ3) is 10.7. The number of aliphatic carboxylic acids is 1. The Morgan fingerprint density at radius 2 is 1.95 bits per heavy atom. The molecule has 1 atom stereocenters. The van der Waals surface area contributed by atoms with Crippen molar-refractivity contribution in [3.05, 3.63) is 0 Å². The van der Waals surface area contributed by atoms with E-state index in [2.05, 4.69) is 5.32 Å². The van der Waals surface area contributed by atoms with Crippen LogP contribution in [-0.4, -0.2) is 47.7 Å². The number of unbranched alkanes of at least 4 members (excludes halogenated alkanes) is 1. The van der Waals surface area contributed by atoms with E-state index < -0.39 is 18.1 Å². The number of amides is 1. The average molecular weight is 333 g/mol. The van der Waals surface area contributed by atoms with Gasteiger partial charge in [0.1, 0.15) is 11.9 Å². The lowest BCUT2D eigenvalue weighted by Gasteiger charge is -2.21. The summed E-state index contributed by atoms with van der Waals surface area (Å²) in [5.74, 6) is -0.933. The lowest BCUT2D eigenvalue weighted by atomic mass is 10.1. The van der Waals surface area contributed by atoms with Gasteiger partial charge in [0, 0.05) is 7.05 Å². The number of amidine groups is 1. The van der Waals surface area contributed by atoms with E-state index in [1.165, 1.54) is 14.0 Å². The second-order valence-corrected chi connectivity index (χ2v) is 3.76. The van der Waals surface area contributed by atoms with Crippen LogP contribution < -0.4 is 11.1 Å². The van der Waals surface area contributed by atoms with Gasteiger partial charge in [0.15, 0.2) is 0 Å². The van der Waals surface area contributed by atoms with Crippen LogP contribution in [0.1, 0.15) is 26.2 Å². The number of carbonyl (C=O) groups is 2.